The average Bonchev–Trinajstić information content (AvgIpc) is 2.50. The maximum absolute atomic E-state index is 12.0. The first-order valence-corrected chi connectivity index (χ1v) is 7.04. The summed E-state index contributed by atoms with van der Waals surface area (Å²) in [5, 5.41) is 0.690. The molecule has 0 aliphatic carbocycles. The minimum absolute atomic E-state index is 0.0287. The number of aromatic nitrogens is 1. The molecule has 1 aromatic carbocycles. The van der Waals surface area contributed by atoms with Crippen molar-refractivity contribution in [3.63, 3.8) is 0 Å². The van der Waals surface area contributed by atoms with Gasteiger partial charge in [0.1, 0.15) is 5.69 Å². The summed E-state index contributed by atoms with van der Waals surface area (Å²) in [6.07, 6.45) is 0.772. The van der Waals surface area contributed by atoms with E-state index in [0.717, 1.165) is 17.7 Å². The predicted octanol–water partition coefficient (Wildman–Crippen LogP) is 2.76. The van der Waals surface area contributed by atoms with E-state index in [2.05, 4.69) is 16.8 Å². The molecule has 2 aromatic rings. The Morgan fingerprint density at radius 1 is 1.14 bits per heavy atom. The Balaban J connectivity index is 1.88. The topological polar surface area (TPSA) is 33.2 Å². The van der Waals surface area contributed by atoms with Crippen LogP contribution in [0.25, 0.3) is 0 Å². The summed E-state index contributed by atoms with van der Waals surface area (Å²) in [5.74, 6) is 6.10. The summed E-state index contributed by atoms with van der Waals surface area (Å²) >= 11 is 5.84. The van der Waals surface area contributed by atoms with Crippen LogP contribution in [0.15, 0.2) is 36.4 Å². The number of amides is 1. The van der Waals surface area contributed by atoms with E-state index in [-0.39, 0.29) is 5.91 Å². The Morgan fingerprint density at radius 2 is 1.90 bits per heavy atom. The van der Waals surface area contributed by atoms with Crippen LogP contribution in [-0.4, -0.2) is 29.4 Å². The minimum Gasteiger partial charge on any atom is -0.341 e. The van der Waals surface area contributed by atoms with Crippen molar-refractivity contribution in [3.8, 4) is 11.8 Å². The lowest BCUT2D eigenvalue weighted by Gasteiger charge is -2.23. The molecule has 2 heterocycles. The van der Waals surface area contributed by atoms with Crippen molar-refractivity contribution in [2.75, 3.05) is 13.6 Å². The van der Waals surface area contributed by atoms with Gasteiger partial charge in [-0.2, -0.15) is 0 Å². The number of hydrogen-bond acceptors (Lipinski definition) is 2. The molecular formula is C17H13ClN2O. The summed E-state index contributed by atoms with van der Waals surface area (Å²) in [7, 11) is 1.81. The van der Waals surface area contributed by atoms with Gasteiger partial charge in [-0.3, -0.25) is 4.79 Å². The summed E-state index contributed by atoms with van der Waals surface area (Å²) in [4.78, 5) is 18.2. The highest BCUT2D eigenvalue weighted by Gasteiger charge is 2.22. The zero-order valence-corrected chi connectivity index (χ0v) is 12.3. The van der Waals surface area contributed by atoms with Crippen molar-refractivity contribution in [3.05, 3.63) is 63.9 Å². The molecule has 0 saturated heterocycles. The SMILES string of the molecule is CN1CCc2nc(C#Cc3ccc(Cl)cc3)ccc2C1=O. The van der Waals surface area contributed by atoms with E-state index >= 15 is 0 Å². The summed E-state index contributed by atoms with van der Waals surface area (Å²) in [6, 6.07) is 10.9. The number of carbonyl (C=O) groups is 1. The smallest absolute Gasteiger partial charge is 0.255 e. The Labute approximate surface area is 128 Å². The number of nitrogens with zero attached hydrogens (tertiary/aromatic N) is 2. The Morgan fingerprint density at radius 3 is 2.67 bits per heavy atom. The van der Waals surface area contributed by atoms with Gasteiger partial charge in [0.2, 0.25) is 0 Å². The van der Waals surface area contributed by atoms with Gasteiger partial charge in [-0.05, 0) is 42.3 Å². The number of hydrogen-bond donors (Lipinski definition) is 0. The maximum atomic E-state index is 12.0. The van der Waals surface area contributed by atoms with Gasteiger partial charge in [-0.25, -0.2) is 4.98 Å². The van der Waals surface area contributed by atoms with E-state index in [4.69, 9.17) is 11.6 Å². The van der Waals surface area contributed by atoms with Gasteiger partial charge in [-0.1, -0.05) is 17.5 Å². The normalized spacial score (nSPS) is 13.4. The summed E-state index contributed by atoms with van der Waals surface area (Å²) in [5.41, 5.74) is 3.08. The van der Waals surface area contributed by atoms with Crippen molar-refractivity contribution in [2.45, 2.75) is 6.42 Å². The van der Waals surface area contributed by atoms with Crippen LogP contribution in [0.3, 0.4) is 0 Å². The van der Waals surface area contributed by atoms with E-state index in [0.29, 0.717) is 22.8 Å². The molecule has 0 saturated carbocycles. The van der Waals surface area contributed by atoms with Crippen LogP contribution in [0.1, 0.15) is 27.3 Å². The predicted molar refractivity (Wildman–Crippen MR) is 82.3 cm³/mol. The van der Waals surface area contributed by atoms with Crippen LogP contribution < -0.4 is 0 Å². The molecule has 0 fully saturated rings. The second-order valence-electron chi connectivity index (χ2n) is 4.92. The van der Waals surface area contributed by atoms with E-state index in [1.807, 2.05) is 18.2 Å². The van der Waals surface area contributed by atoms with Crippen molar-refractivity contribution in [1.82, 2.24) is 9.88 Å². The van der Waals surface area contributed by atoms with Gasteiger partial charge in [0, 0.05) is 30.6 Å². The molecule has 0 spiro atoms. The fourth-order valence-electron chi connectivity index (χ4n) is 2.21. The molecule has 0 N–H and O–H groups in total. The van der Waals surface area contributed by atoms with Gasteiger partial charge in [0.15, 0.2) is 0 Å². The number of likely N-dealkylation sites (N-methyl/N-ethyl adjacent to an activating group) is 1. The van der Waals surface area contributed by atoms with Crippen LogP contribution in [0, 0.1) is 11.8 Å². The zero-order chi connectivity index (χ0) is 14.8. The summed E-state index contributed by atoms with van der Waals surface area (Å²) in [6.45, 7) is 0.701. The first kappa shape index (κ1) is 13.7. The number of benzene rings is 1. The van der Waals surface area contributed by atoms with Gasteiger partial charge in [0.25, 0.3) is 5.91 Å². The molecule has 104 valence electrons. The molecule has 1 amide bonds. The lowest BCUT2D eigenvalue weighted by molar-refractivity contribution is 0.0779. The van der Waals surface area contributed by atoms with Crippen LogP contribution in [0.4, 0.5) is 0 Å². The third-order valence-corrected chi connectivity index (χ3v) is 3.67. The molecule has 0 radical (unpaired) electrons. The highest BCUT2D eigenvalue weighted by atomic mass is 35.5. The van der Waals surface area contributed by atoms with Gasteiger partial charge >= 0.3 is 0 Å². The van der Waals surface area contributed by atoms with Crippen LogP contribution >= 0.6 is 11.6 Å². The number of pyridine rings is 1. The van der Waals surface area contributed by atoms with Gasteiger partial charge < -0.3 is 4.90 Å². The average molecular weight is 297 g/mol. The molecule has 1 aromatic heterocycles. The molecule has 0 unspecified atom stereocenters. The van der Waals surface area contributed by atoms with Crippen LogP contribution in [0.2, 0.25) is 5.02 Å². The molecule has 3 nitrogen and oxygen atoms in total. The first-order valence-electron chi connectivity index (χ1n) is 6.66. The quantitative estimate of drug-likeness (QED) is 0.700. The first-order chi connectivity index (χ1) is 10.1. The highest BCUT2D eigenvalue weighted by molar-refractivity contribution is 6.30. The number of halogens is 1. The minimum atomic E-state index is 0.0287. The van der Waals surface area contributed by atoms with Crippen molar-refractivity contribution < 1.29 is 4.79 Å². The third kappa shape index (κ3) is 2.91. The molecule has 1 aliphatic heterocycles. The molecule has 1 aliphatic rings. The van der Waals surface area contributed by atoms with Crippen LogP contribution in [0.5, 0.6) is 0 Å². The fraction of sp³-hybridized carbons (Fsp3) is 0.176. The second-order valence-corrected chi connectivity index (χ2v) is 5.36. The van der Waals surface area contributed by atoms with E-state index in [1.54, 1.807) is 30.1 Å². The van der Waals surface area contributed by atoms with E-state index in [1.165, 1.54) is 0 Å². The molecule has 0 atom stereocenters. The fourth-order valence-corrected chi connectivity index (χ4v) is 2.33. The Hall–Kier alpha value is -2.31. The Kier molecular flexibility index (Phi) is 3.64. The zero-order valence-electron chi connectivity index (χ0n) is 11.6. The largest absolute Gasteiger partial charge is 0.341 e. The molecule has 4 heteroatoms. The van der Waals surface area contributed by atoms with Gasteiger partial charge in [0.05, 0.1) is 11.3 Å². The monoisotopic (exact) mass is 296 g/mol. The Bertz CT molecular complexity index is 757. The molecule has 21 heavy (non-hydrogen) atoms. The lowest BCUT2D eigenvalue weighted by Crippen LogP contribution is -2.34. The molecular weight excluding hydrogens is 284 g/mol. The van der Waals surface area contributed by atoms with E-state index in [9.17, 15) is 4.79 Å². The number of rotatable bonds is 0. The molecule has 3 rings (SSSR count). The summed E-state index contributed by atoms with van der Waals surface area (Å²) < 4.78 is 0. The van der Waals surface area contributed by atoms with Crippen LogP contribution in [-0.2, 0) is 6.42 Å². The van der Waals surface area contributed by atoms with Crippen molar-refractivity contribution >= 4 is 17.5 Å². The number of fused-ring (bicyclic) bond motifs is 1. The van der Waals surface area contributed by atoms with Crippen molar-refractivity contribution in [2.24, 2.45) is 0 Å². The third-order valence-electron chi connectivity index (χ3n) is 3.41. The second kappa shape index (κ2) is 5.59. The highest BCUT2D eigenvalue weighted by Crippen LogP contribution is 2.16. The molecule has 0 bridgehead atoms. The van der Waals surface area contributed by atoms with Gasteiger partial charge in [-0.15, -0.1) is 0 Å². The lowest BCUT2D eigenvalue weighted by atomic mass is 10.0. The number of carbonyl (C=O) groups excluding carboxylic acids is 1. The maximum Gasteiger partial charge on any atom is 0.255 e. The van der Waals surface area contributed by atoms with Crippen molar-refractivity contribution in [1.29, 1.82) is 0 Å². The van der Waals surface area contributed by atoms with E-state index < -0.39 is 0 Å². The standard InChI is InChI=1S/C17H13ClN2O/c1-20-11-10-16-15(17(20)21)9-8-14(19-16)7-4-12-2-5-13(18)6-3-12/h2-3,5-6,8-9H,10-11H2,1H3.